The molecule has 0 bridgehead atoms. The van der Waals surface area contributed by atoms with Crippen molar-refractivity contribution in [1.29, 1.82) is 5.26 Å². The first-order valence-electron chi connectivity index (χ1n) is 3.98. The van der Waals surface area contributed by atoms with Crippen LogP contribution in [0, 0.1) is 11.3 Å². The lowest BCUT2D eigenvalue weighted by Crippen LogP contribution is -2.51. The zero-order valence-electron chi connectivity index (χ0n) is 7.42. The van der Waals surface area contributed by atoms with Gasteiger partial charge in [0.25, 0.3) is 0 Å². The van der Waals surface area contributed by atoms with Crippen LogP contribution in [-0.4, -0.2) is 23.2 Å². The van der Waals surface area contributed by atoms with Crippen molar-refractivity contribution in [3.8, 4) is 6.07 Å². The molecule has 68 valence electrons. The van der Waals surface area contributed by atoms with E-state index in [2.05, 4.69) is 5.32 Å². The Labute approximate surface area is 72.2 Å². The molecule has 0 rings (SSSR count). The predicted octanol–water partition coefficient (Wildman–Crippen LogP) is 0.743. The summed E-state index contributed by atoms with van der Waals surface area (Å²) in [6, 6.07) is 1.87. The maximum atomic E-state index is 10.8. The van der Waals surface area contributed by atoms with Crippen LogP contribution in [0.5, 0.6) is 0 Å². The van der Waals surface area contributed by atoms with E-state index in [-0.39, 0.29) is 6.54 Å². The smallest absolute Gasteiger partial charge is 0.323 e. The molecule has 0 aliphatic rings. The zero-order chi connectivity index (χ0) is 9.61. The number of carboxylic acid groups (broad SMARTS) is 1. The summed E-state index contributed by atoms with van der Waals surface area (Å²) >= 11 is 0. The van der Waals surface area contributed by atoms with Crippen LogP contribution in [0.3, 0.4) is 0 Å². The molecule has 0 aromatic heterocycles. The fraction of sp³-hybridized carbons (Fsp3) is 0.750. The Bertz CT molecular complexity index is 192. The van der Waals surface area contributed by atoms with Gasteiger partial charge in [0.05, 0.1) is 12.6 Å². The molecule has 0 aromatic carbocycles. The molecular formula is C8H14N2O2. The van der Waals surface area contributed by atoms with Gasteiger partial charge in [0, 0.05) is 0 Å². The highest BCUT2D eigenvalue weighted by Gasteiger charge is 2.33. The van der Waals surface area contributed by atoms with E-state index in [1.807, 2.05) is 6.07 Å². The molecule has 0 saturated carbocycles. The van der Waals surface area contributed by atoms with E-state index in [0.29, 0.717) is 12.8 Å². The number of hydrogen-bond donors (Lipinski definition) is 2. The molecule has 4 nitrogen and oxygen atoms in total. The van der Waals surface area contributed by atoms with Gasteiger partial charge in [-0.2, -0.15) is 5.26 Å². The van der Waals surface area contributed by atoms with Gasteiger partial charge in [0.15, 0.2) is 0 Å². The van der Waals surface area contributed by atoms with Gasteiger partial charge >= 0.3 is 5.97 Å². The lowest BCUT2D eigenvalue weighted by atomic mass is 9.93. The highest BCUT2D eigenvalue weighted by molar-refractivity contribution is 5.78. The van der Waals surface area contributed by atoms with E-state index in [4.69, 9.17) is 10.4 Å². The number of nitriles is 1. The fourth-order valence-corrected chi connectivity index (χ4v) is 1.09. The minimum atomic E-state index is -0.921. The number of carboxylic acids is 1. The van der Waals surface area contributed by atoms with Crippen LogP contribution in [0.25, 0.3) is 0 Å². The summed E-state index contributed by atoms with van der Waals surface area (Å²) in [5, 5.41) is 19.9. The van der Waals surface area contributed by atoms with Crippen molar-refractivity contribution in [3.05, 3.63) is 0 Å². The molecule has 12 heavy (non-hydrogen) atoms. The maximum absolute atomic E-state index is 10.8. The topological polar surface area (TPSA) is 73.1 Å². The van der Waals surface area contributed by atoms with Gasteiger partial charge in [-0.1, -0.05) is 13.8 Å². The Morgan fingerprint density at radius 3 is 2.33 bits per heavy atom. The van der Waals surface area contributed by atoms with E-state index in [0.717, 1.165) is 0 Å². The number of hydrogen-bond acceptors (Lipinski definition) is 3. The normalized spacial score (nSPS) is 10.8. The first-order valence-corrected chi connectivity index (χ1v) is 3.98. The summed E-state index contributed by atoms with van der Waals surface area (Å²) in [5.41, 5.74) is -0.921. The van der Waals surface area contributed by atoms with Crippen LogP contribution in [0.2, 0.25) is 0 Å². The quantitative estimate of drug-likeness (QED) is 0.597. The van der Waals surface area contributed by atoms with Crippen LogP contribution in [0.15, 0.2) is 0 Å². The zero-order valence-corrected chi connectivity index (χ0v) is 7.42. The molecule has 0 aliphatic carbocycles. The molecule has 4 heteroatoms. The Hall–Kier alpha value is -1.08. The largest absolute Gasteiger partial charge is 0.480 e. The molecule has 0 aliphatic heterocycles. The summed E-state index contributed by atoms with van der Waals surface area (Å²) in [7, 11) is 0. The Balaban J connectivity index is 4.38. The summed E-state index contributed by atoms with van der Waals surface area (Å²) in [6.45, 7) is 3.66. The van der Waals surface area contributed by atoms with Crippen molar-refractivity contribution in [3.63, 3.8) is 0 Å². The predicted molar refractivity (Wildman–Crippen MR) is 44.6 cm³/mol. The third-order valence-corrected chi connectivity index (χ3v) is 2.12. The average molecular weight is 170 g/mol. The van der Waals surface area contributed by atoms with Crippen LogP contribution in [-0.2, 0) is 4.79 Å². The maximum Gasteiger partial charge on any atom is 0.323 e. The molecule has 0 saturated heterocycles. The van der Waals surface area contributed by atoms with Gasteiger partial charge in [-0.15, -0.1) is 0 Å². The summed E-state index contributed by atoms with van der Waals surface area (Å²) in [4.78, 5) is 10.8. The first-order chi connectivity index (χ1) is 5.63. The van der Waals surface area contributed by atoms with Crippen molar-refractivity contribution in [1.82, 2.24) is 5.32 Å². The fourth-order valence-electron chi connectivity index (χ4n) is 1.09. The van der Waals surface area contributed by atoms with Crippen molar-refractivity contribution in [2.45, 2.75) is 32.2 Å². The lowest BCUT2D eigenvalue weighted by molar-refractivity contribution is -0.145. The SMILES string of the molecule is CCC(CC)(NCC#N)C(=O)O. The molecule has 0 amide bonds. The monoisotopic (exact) mass is 170 g/mol. The second-order valence-electron chi connectivity index (χ2n) is 2.61. The van der Waals surface area contributed by atoms with Gasteiger partial charge in [-0.05, 0) is 12.8 Å². The van der Waals surface area contributed by atoms with Crippen molar-refractivity contribution >= 4 is 5.97 Å². The average Bonchev–Trinajstić information content (AvgIpc) is 2.07. The number of nitrogens with one attached hydrogen (secondary N) is 1. The molecule has 0 unspecified atom stereocenters. The molecule has 0 radical (unpaired) electrons. The van der Waals surface area contributed by atoms with Crippen LogP contribution in [0.1, 0.15) is 26.7 Å². The van der Waals surface area contributed by atoms with E-state index >= 15 is 0 Å². The highest BCUT2D eigenvalue weighted by atomic mass is 16.4. The van der Waals surface area contributed by atoms with E-state index in [9.17, 15) is 4.79 Å². The van der Waals surface area contributed by atoms with Crippen LogP contribution < -0.4 is 5.32 Å². The number of nitrogens with zero attached hydrogens (tertiary/aromatic N) is 1. The van der Waals surface area contributed by atoms with E-state index < -0.39 is 11.5 Å². The van der Waals surface area contributed by atoms with E-state index in [1.54, 1.807) is 13.8 Å². The van der Waals surface area contributed by atoms with Gasteiger partial charge in [0.1, 0.15) is 5.54 Å². The standard InChI is InChI=1S/C8H14N2O2/c1-3-8(4-2,7(11)12)10-6-5-9/h10H,3-4,6H2,1-2H3,(H,11,12). The summed E-state index contributed by atoms with van der Waals surface area (Å²) in [6.07, 6.45) is 0.973. The van der Waals surface area contributed by atoms with Gasteiger partial charge < -0.3 is 5.11 Å². The lowest BCUT2D eigenvalue weighted by Gasteiger charge is -2.26. The molecule has 0 heterocycles. The first kappa shape index (κ1) is 10.9. The Morgan fingerprint density at radius 2 is 2.08 bits per heavy atom. The van der Waals surface area contributed by atoms with Gasteiger partial charge in [-0.3, -0.25) is 10.1 Å². The van der Waals surface area contributed by atoms with Crippen LogP contribution >= 0.6 is 0 Å². The van der Waals surface area contributed by atoms with Gasteiger partial charge in [0.2, 0.25) is 0 Å². The number of carbonyl (C=O) groups is 1. The second-order valence-corrected chi connectivity index (χ2v) is 2.61. The molecule has 0 spiro atoms. The van der Waals surface area contributed by atoms with Crippen molar-refractivity contribution in [2.24, 2.45) is 0 Å². The van der Waals surface area contributed by atoms with Crippen molar-refractivity contribution in [2.75, 3.05) is 6.54 Å². The molecule has 0 fully saturated rings. The van der Waals surface area contributed by atoms with Crippen molar-refractivity contribution < 1.29 is 9.90 Å². The van der Waals surface area contributed by atoms with E-state index in [1.165, 1.54) is 0 Å². The minimum absolute atomic E-state index is 0.0774. The summed E-state index contributed by atoms with van der Waals surface area (Å²) in [5.74, 6) is -0.886. The number of aliphatic carboxylic acids is 1. The third kappa shape index (κ3) is 2.21. The summed E-state index contributed by atoms with van der Waals surface area (Å²) < 4.78 is 0. The minimum Gasteiger partial charge on any atom is -0.480 e. The Kier molecular flexibility index (Phi) is 4.30. The second kappa shape index (κ2) is 4.73. The molecule has 0 aromatic rings. The highest BCUT2D eigenvalue weighted by Crippen LogP contribution is 2.14. The molecule has 0 atom stereocenters. The van der Waals surface area contributed by atoms with Gasteiger partial charge in [-0.25, -0.2) is 0 Å². The Morgan fingerprint density at radius 1 is 1.58 bits per heavy atom. The molecule has 2 N–H and O–H groups in total. The third-order valence-electron chi connectivity index (χ3n) is 2.12. The van der Waals surface area contributed by atoms with Crippen LogP contribution in [0.4, 0.5) is 0 Å². The molecular weight excluding hydrogens is 156 g/mol. The number of rotatable bonds is 5.